The fourth-order valence-electron chi connectivity index (χ4n) is 0.743. The molecule has 0 N–H and O–H groups in total. The van der Waals surface area contributed by atoms with Gasteiger partial charge in [0.15, 0.2) is 5.15 Å². The molecule has 0 atom stereocenters. The molecule has 0 spiro atoms. The van der Waals surface area contributed by atoms with Crippen molar-refractivity contribution in [3.05, 3.63) is 22.2 Å². The van der Waals surface area contributed by atoms with Crippen molar-refractivity contribution in [2.75, 3.05) is 0 Å². The van der Waals surface area contributed by atoms with Crippen molar-refractivity contribution in [3.63, 3.8) is 0 Å². The first kappa shape index (κ1) is 8.75. The minimum absolute atomic E-state index is 0.285. The van der Waals surface area contributed by atoms with E-state index in [0.717, 1.165) is 5.69 Å². The molecule has 1 heterocycles. The zero-order chi connectivity index (χ0) is 8.43. The molecule has 0 radical (unpaired) electrons. The second kappa shape index (κ2) is 3.37. The monoisotopic (exact) mass is 190 g/mol. The molecule has 1 rings (SSSR count). The highest BCUT2D eigenvalue weighted by Gasteiger charge is 2.07. The number of hydrogen-bond donors (Lipinski definition) is 0. The van der Waals surface area contributed by atoms with Crippen LogP contribution in [-0.2, 0) is 0 Å². The minimum Gasteiger partial charge on any atom is -0.255 e. The molecule has 0 aliphatic carbocycles. The van der Waals surface area contributed by atoms with Gasteiger partial charge >= 0.3 is 0 Å². The van der Waals surface area contributed by atoms with Gasteiger partial charge in [0.05, 0.1) is 11.9 Å². The van der Waals surface area contributed by atoms with Gasteiger partial charge in [0.2, 0.25) is 0 Å². The summed E-state index contributed by atoms with van der Waals surface area (Å²) < 4.78 is 0. The molecule has 1 aromatic rings. The predicted molar refractivity (Wildman–Crippen MR) is 46.1 cm³/mol. The highest BCUT2D eigenvalue weighted by Crippen LogP contribution is 2.20. The Balaban J connectivity index is 3.09. The van der Waals surface area contributed by atoms with Crippen LogP contribution in [0, 0.1) is 0 Å². The van der Waals surface area contributed by atoms with Crippen LogP contribution in [0.5, 0.6) is 0 Å². The molecule has 11 heavy (non-hydrogen) atoms. The van der Waals surface area contributed by atoms with Gasteiger partial charge in [-0.25, -0.2) is 4.98 Å². The lowest BCUT2D eigenvalue weighted by molar-refractivity contribution is 0.812. The van der Waals surface area contributed by atoms with E-state index in [-0.39, 0.29) is 5.92 Å². The Bertz CT molecular complexity index is 261. The molecular formula is C7H8Cl2N2. The van der Waals surface area contributed by atoms with Crippen molar-refractivity contribution in [2.45, 2.75) is 19.8 Å². The van der Waals surface area contributed by atoms with Crippen LogP contribution >= 0.6 is 23.2 Å². The van der Waals surface area contributed by atoms with Gasteiger partial charge in [0, 0.05) is 0 Å². The topological polar surface area (TPSA) is 25.8 Å². The third-order valence-electron chi connectivity index (χ3n) is 1.27. The number of aromatic nitrogens is 2. The first-order valence-electron chi connectivity index (χ1n) is 3.29. The number of rotatable bonds is 1. The summed E-state index contributed by atoms with van der Waals surface area (Å²) in [5, 5.41) is 0.729. The maximum absolute atomic E-state index is 5.77. The Morgan fingerprint density at radius 2 is 2.00 bits per heavy atom. The summed E-state index contributed by atoms with van der Waals surface area (Å²) in [5.41, 5.74) is 0.788. The predicted octanol–water partition coefficient (Wildman–Crippen LogP) is 2.91. The first-order valence-corrected chi connectivity index (χ1v) is 4.04. The van der Waals surface area contributed by atoms with Gasteiger partial charge in [-0.05, 0) is 5.92 Å². The summed E-state index contributed by atoms with van der Waals surface area (Å²) >= 11 is 11.3. The molecule has 0 amide bonds. The molecular weight excluding hydrogens is 183 g/mol. The summed E-state index contributed by atoms with van der Waals surface area (Å²) in [6.45, 7) is 4.01. The largest absolute Gasteiger partial charge is 0.255 e. The first-order chi connectivity index (χ1) is 5.11. The molecule has 0 aliphatic heterocycles. The number of nitrogens with zero attached hydrogens (tertiary/aromatic N) is 2. The van der Waals surface area contributed by atoms with E-state index in [1.165, 1.54) is 6.20 Å². The van der Waals surface area contributed by atoms with E-state index in [9.17, 15) is 0 Å². The van der Waals surface area contributed by atoms with E-state index >= 15 is 0 Å². The Hall–Kier alpha value is -0.340. The number of hydrogen-bond acceptors (Lipinski definition) is 2. The van der Waals surface area contributed by atoms with Crippen LogP contribution < -0.4 is 0 Å². The van der Waals surface area contributed by atoms with Gasteiger partial charge in [-0.2, -0.15) is 0 Å². The van der Waals surface area contributed by atoms with E-state index in [4.69, 9.17) is 23.2 Å². The van der Waals surface area contributed by atoms with Crippen LogP contribution in [0.25, 0.3) is 0 Å². The molecule has 4 heteroatoms. The van der Waals surface area contributed by atoms with Gasteiger partial charge in [-0.3, -0.25) is 4.98 Å². The third kappa shape index (κ3) is 2.04. The maximum atomic E-state index is 5.77. The normalized spacial score (nSPS) is 10.6. The fraction of sp³-hybridized carbons (Fsp3) is 0.429. The summed E-state index contributed by atoms with van der Waals surface area (Å²) in [7, 11) is 0. The Kier molecular flexibility index (Phi) is 2.68. The van der Waals surface area contributed by atoms with Crippen molar-refractivity contribution in [1.82, 2.24) is 9.97 Å². The summed E-state index contributed by atoms with van der Waals surface area (Å²) in [5.74, 6) is 0.285. The van der Waals surface area contributed by atoms with E-state index in [0.29, 0.717) is 10.3 Å². The van der Waals surface area contributed by atoms with E-state index in [1.54, 1.807) is 0 Å². The molecule has 0 saturated carbocycles. The average Bonchev–Trinajstić information content (AvgIpc) is 1.85. The molecule has 0 aliphatic rings. The van der Waals surface area contributed by atoms with Gasteiger partial charge in [-0.1, -0.05) is 37.0 Å². The van der Waals surface area contributed by atoms with Crippen molar-refractivity contribution in [2.24, 2.45) is 0 Å². The van der Waals surface area contributed by atoms with Crippen molar-refractivity contribution < 1.29 is 0 Å². The van der Waals surface area contributed by atoms with E-state index in [1.807, 2.05) is 13.8 Å². The standard InChI is InChI=1S/C7H8Cl2N2/c1-4(2)6-7(9)11-5(8)3-10-6/h3-4H,1-2H3. The molecule has 0 saturated heterocycles. The molecule has 60 valence electrons. The Labute approximate surface area is 75.6 Å². The fourth-order valence-corrected chi connectivity index (χ4v) is 1.28. The van der Waals surface area contributed by atoms with Crippen LogP contribution in [0.3, 0.4) is 0 Å². The molecule has 2 nitrogen and oxygen atoms in total. The van der Waals surface area contributed by atoms with Crippen LogP contribution in [0.15, 0.2) is 6.20 Å². The van der Waals surface area contributed by atoms with Gasteiger partial charge in [0.1, 0.15) is 5.15 Å². The highest BCUT2D eigenvalue weighted by atomic mass is 35.5. The van der Waals surface area contributed by atoms with Crippen LogP contribution in [0.1, 0.15) is 25.5 Å². The zero-order valence-corrected chi connectivity index (χ0v) is 7.82. The second-order valence-electron chi connectivity index (χ2n) is 2.52. The summed E-state index contributed by atoms with van der Waals surface area (Å²) in [4.78, 5) is 7.91. The summed E-state index contributed by atoms with van der Waals surface area (Å²) in [6.07, 6.45) is 1.50. The lowest BCUT2D eigenvalue weighted by Crippen LogP contribution is -1.95. The quantitative estimate of drug-likeness (QED) is 0.681. The Morgan fingerprint density at radius 3 is 2.45 bits per heavy atom. The van der Waals surface area contributed by atoms with Crippen LogP contribution in [0.4, 0.5) is 0 Å². The smallest absolute Gasteiger partial charge is 0.152 e. The maximum Gasteiger partial charge on any atom is 0.152 e. The number of halogens is 2. The minimum atomic E-state index is 0.285. The molecule has 0 unspecified atom stereocenters. The van der Waals surface area contributed by atoms with Crippen LogP contribution in [-0.4, -0.2) is 9.97 Å². The average molecular weight is 191 g/mol. The molecule has 1 aromatic heterocycles. The van der Waals surface area contributed by atoms with E-state index < -0.39 is 0 Å². The van der Waals surface area contributed by atoms with E-state index in [2.05, 4.69) is 9.97 Å². The lowest BCUT2D eigenvalue weighted by atomic mass is 10.1. The molecule has 0 aromatic carbocycles. The van der Waals surface area contributed by atoms with Gasteiger partial charge in [0.25, 0.3) is 0 Å². The summed E-state index contributed by atoms with van der Waals surface area (Å²) in [6, 6.07) is 0. The van der Waals surface area contributed by atoms with Crippen molar-refractivity contribution in [1.29, 1.82) is 0 Å². The van der Waals surface area contributed by atoms with Crippen LogP contribution in [0.2, 0.25) is 10.3 Å². The lowest BCUT2D eigenvalue weighted by Gasteiger charge is -2.04. The van der Waals surface area contributed by atoms with Gasteiger partial charge < -0.3 is 0 Å². The molecule has 0 bridgehead atoms. The van der Waals surface area contributed by atoms with Gasteiger partial charge in [-0.15, -0.1) is 0 Å². The van der Waals surface area contributed by atoms with Crippen molar-refractivity contribution in [3.8, 4) is 0 Å². The second-order valence-corrected chi connectivity index (χ2v) is 3.27. The molecule has 0 fully saturated rings. The highest BCUT2D eigenvalue weighted by molar-refractivity contribution is 6.32. The van der Waals surface area contributed by atoms with Crippen molar-refractivity contribution >= 4 is 23.2 Å². The zero-order valence-electron chi connectivity index (χ0n) is 6.31. The third-order valence-corrected chi connectivity index (χ3v) is 1.73. The SMILES string of the molecule is CC(C)c1ncc(Cl)nc1Cl. The Morgan fingerprint density at radius 1 is 1.36 bits per heavy atom.